The first-order valence-electron chi connectivity index (χ1n) is 6.28. The number of hydrogen-bond donors (Lipinski definition) is 5. The molecule has 4 atom stereocenters. The number of nitrogens with zero attached hydrogens (tertiary/aromatic N) is 1. The van der Waals surface area contributed by atoms with Crippen LogP contribution in [0.5, 0.6) is 0 Å². The molecule has 5 N–H and O–H groups in total. The van der Waals surface area contributed by atoms with Crippen LogP contribution in [0.3, 0.4) is 0 Å². The van der Waals surface area contributed by atoms with Gasteiger partial charge in [-0.1, -0.05) is 6.08 Å². The second kappa shape index (κ2) is 6.47. The van der Waals surface area contributed by atoms with E-state index in [0.29, 0.717) is 0 Å². The highest BCUT2D eigenvalue weighted by Crippen LogP contribution is 2.37. The highest BCUT2D eigenvalue weighted by atomic mass is 31.2. The quantitative estimate of drug-likeness (QED) is 0.369. The summed E-state index contributed by atoms with van der Waals surface area (Å²) in [6.45, 7) is -0.366. The van der Waals surface area contributed by atoms with Crippen LogP contribution >= 0.6 is 7.82 Å². The summed E-state index contributed by atoms with van der Waals surface area (Å²) in [6.07, 6.45) is -0.821. The Hall–Kier alpha value is -1.26. The van der Waals surface area contributed by atoms with E-state index >= 15 is 0 Å². The van der Waals surface area contributed by atoms with Crippen molar-refractivity contribution in [3.63, 3.8) is 0 Å². The molecule has 0 radical (unpaired) electrons. The number of phosphoric acid groups is 1. The minimum Gasteiger partial charge on any atom is -0.478 e. The fourth-order valence-corrected chi connectivity index (χ4v) is 2.53. The van der Waals surface area contributed by atoms with Crippen LogP contribution in [0.1, 0.15) is 0 Å². The van der Waals surface area contributed by atoms with Gasteiger partial charge in [-0.2, -0.15) is 0 Å². The summed E-state index contributed by atoms with van der Waals surface area (Å²) in [4.78, 5) is 29.6. The van der Waals surface area contributed by atoms with E-state index < -0.39 is 44.9 Å². The van der Waals surface area contributed by atoms with Gasteiger partial charge in [0.25, 0.3) is 0 Å². The molecule has 0 aromatic rings. The van der Waals surface area contributed by atoms with Gasteiger partial charge < -0.3 is 34.7 Å². The summed E-state index contributed by atoms with van der Waals surface area (Å²) in [5, 5.41) is 28.7. The fourth-order valence-electron chi connectivity index (χ4n) is 2.19. The normalized spacial score (nSPS) is 32.2. The number of carbonyl (C=O) groups is 1. The van der Waals surface area contributed by atoms with E-state index in [9.17, 15) is 19.6 Å². The van der Waals surface area contributed by atoms with Gasteiger partial charge in [-0.25, -0.2) is 9.36 Å². The smallest absolute Gasteiger partial charge is 0.469 e. The Morgan fingerprint density at radius 2 is 2.09 bits per heavy atom. The van der Waals surface area contributed by atoms with Crippen molar-refractivity contribution in [1.29, 1.82) is 0 Å². The molecule has 0 spiro atoms. The van der Waals surface area contributed by atoms with Crippen molar-refractivity contribution in [2.75, 3.05) is 13.2 Å². The predicted molar refractivity (Wildman–Crippen MR) is 70.2 cm³/mol. The maximum Gasteiger partial charge on any atom is 0.469 e. The molecule has 2 aliphatic heterocycles. The van der Waals surface area contributed by atoms with Crippen LogP contribution in [-0.4, -0.2) is 73.7 Å². The Bertz CT molecular complexity index is 542. The van der Waals surface area contributed by atoms with E-state index in [1.165, 1.54) is 17.2 Å². The van der Waals surface area contributed by atoms with E-state index in [-0.39, 0.29) is 12.1 Å². The molecule has 22 heavy (non-hydrogen) atoms. The van der Waals surface area contributed by atoms with Crippen LogP contribution in [0.25, 0.3) is 0 Å². The highest BCUT2D eigenvalue weighted by molar-refractivity contribution is 7.46. The topological polar surface area (TPSA) is 157 Å². The molecule has 0 aromatic carbocycles. The van der Waals surface area contributed by atoms with Gasteiger partial charge in [0.15, 0.2) is 6.23 Å². The average Bonchev–Trinajstić information content (AvgIpc) is 2.72. The maximum atomic E-state index is 10.9. The summed E-state index contributed by atoms with van der Waals surface area (Å²) in [5.74, 6) is -1.16. The Balaban J connectivity index is 2.05. The molecule has 2 aliphatic rings. The Morgan fingerprint density at radius 1 is 1.41 bits per heavy atom. The number of phosphoric ester groups is 1. The molecule has 2 rings (SSSR count). The molecule has 0 amide bonds. The van der Waals surface area contributed by atoms with Gasteiger partial charge in [0.1, 0.15) is 18.3 Å². The summed E-state index contributed by atoms with van der Waals surface area (Å²) in [5.41, 5.74) is -0.0218. The van der Waals surface area contributed by atoms with Crippen molar-refractivity contribution >= 4 is 13.8 Å². The average molecular weight is 337 g/mol. The first kappa shape index (κ1) is 17.1. The van der Waals surface area contributed by atoms with Crippen molar-refractivity contribution in [2.24, 2.45) is 0 Å². The molecule has 0 aliphatic carbocycles. The number of ether oxygens (including phenoxy) is 1. The Morgan fingerprint density at radius 3 is 2.68 bits per heavy atom. The van der Waals surface area contributed by atoms with E-state index in [1.54, 1.807) is 6.08 Å². The fraction of sp³-hybridized carbons (Fsp3) is 0.545. The number of hydrogen-bond acceptors (Lipinski definition) is 7. The minimum atomic E-state index is -4.73. The van der Waals surface area contributed by atoms with Crippen LogP contribution in [0.2, 0.25) is 0 Å². The van der Waals surface area contributed by atoms with Crippen LogP contribution < -0.4 is 0 Å². The molecule has 0 aromatic heterocycles. The lowest BCUT2D eigenvalue weighted by Crippen LogP contribution is -2.42. The van der Waals surface area contributed by atoms with Crippen molar-refractivity contribution < 1.29 is 43.7 Å². The van der Waals surface area contributed by atoms with E-state index in [2.05, 4.69) is 4.52 Å². The molecule has 124 valence electrons. The van der Waals surface area contributed by atoms with Crippen LogP contribution in [0.4, 0.5) is 0 Å². The molecular formula is C11H16NO9P. The van der Waals surface area contributed by atoms with Crippen molar-refractivity contribution in [3.8, 4) is 0 Å². The second-order valence-electron chi connectivity index (χ2n) is 4.82. The van der Waals surface area contributed by atoms with Crippen LogP contribution in [0.15, 0.2) is 23.9 Å². The molecule has 2 heterocycles. The van der Waals surface area contributed by atoms with Gasteiger partial charge >= 0.3 is 13.8 Å². The number of aliphatic hydroxyl groups excluding tert-OH is 2. The van der Waals surface area contributed by atoms with Crippen LogP contribution in [-0.2, 0) is 18.6 Å². The summed E-state index contributed by atoms with van der Waals surface area (Å²) < 4.78 is 20.2. The molecule has 1 saturated heterocycles. The Labute approximate surface area is 125 Å². The van der Waals surface area contributed by atoms with E-state index in [1.807, 2.05) is 0 Å². The summed E-state index contributed by atoms with van der Waals surface area (Å²) in [6, 6.07) is 0. The molecular weight excluding hydrogens is 321 g/mol. The maximum absolute atomic E-state index is 10.9. The first-order valence-corrected chi connectivity index (χ1v) is 7.81. The lowest BCUT2D eigenvalue weighted by Gasteiger charge is -2.30. The Kier molecular flexibility index (Phi) is 5.03. The largest absolute Gasteiger partial charge is 0.478 e. The lowest BCUT2D eigenvalue weighted by atomic mass is 10.1. The number of aliphatic carboxylic acids is 1. The van der Waals surface area contributed by atoms with E-state index in [4.69, 9.17) is 19.6 Å². The zero-order chi connectivity index (χ0) is 16.5. The molecule has 0 bridgehead atoms. The minimum absolute atomic E-state index is 0.0218. The van der Waals surface area contributed by atoms with Crippen molar-refractivity contribution in [1.82, 2.24) is 4.90 Å². The number of carboxylic acid groups (broad SMARTS) is 1. The van der Waals surface area contributed by atoms with Gasteiger partial charge in [0, 0.05) is 12.7 Å². The second-order valence-corrected chi connectivity index (χ2v) is 6.06. The lowest BCUT2D eigenvalue weighted by molar-refractivity contribution is -0.132. The first-order chi connectivity index (χ1) is 10.2. The molecule has 0 saturated carbocycles. The highest BCUT2D eigenvalue weighted by Gasteiger charge is 2.45. The van der Waals surface area contributed by atoms with Crippen molar-refractivity contribution in [3.05, 3.63) is 23.9 Å². The third-order valence-electron chi connectivity index (χ3n) is 3.24. The third-order valence-corrected chi connectivity index (χ3v) is 3.72. The predicted octanol–water partition coefficient (Wildman–Crippen LogP) is -1.62. The van der Waals surface area contributed by atoms with Gasteiger partial charge in [-0.3, -0.25) is 4.52 Å². The zero-order valence-electron chi connectivity index (χ0n) is 11.2. The number of rotatable bonds is 5. The molecule has 11 heteroatoms. The van der Waals surface area contributed by atoms with Gasteiger partial charge in [-0.05, 0) is 6.08 Å². The molecule has 0 unspecified atom stereocenters. The van der Waals surface area contributed by atoms with Gasteiger partial charge in [0.2, 0.25) is 0 Å². The van der Waals surface area contributed by atoms with E-state index in [0.717, 1.165) is 0 Å². The monoisotopic (exact) mass is 337 g/mol. The van der Waals surface area contributed by atoms with Crippen molar-refractivity contribution in [2.45, 2.75) is 24.5 Å². The molecule has 1 fully saturated rings. The zero-order valence-corrected chi connectivity index (χ0v) is 12.1. The standard InChI is InChI=1S/C11H16NO9P/c13-8-7(5-20-22(17,18)19)21-10(9(8)14)12-3-1-2-6(4-12)11(15)16/h1-2,4,7-10,13-14H,3,5H2,(H,15,16)(H2,17,18,19)/t7-,8-,9-,10-/m1/s1. The SMILES string of the molecule is O=C(O)C1=CN([C@@H]2O[C@H](COP(=O)(O)O)[C@@H](O)[C@H]2O)CC=C1. The van der Waals surface area contributed by atoms with Gasteiger partial charge in [0.05, 0.1) is 12.2 Å². The van der Waals surface area contributed by atoms with Crippen LogP contribution in [0, 0.1) is 0 Å². The summed E-state index contributed by atoms with van der Waals surface area (Å²) >= 11 is 0. The third kappa shape index (κ3) is 3.93. The summed E-state index contributed by atoms with van der Waals surface area (Å²) in [7, 11) is -4.73. The van der Waals surface area contributed by atoms with Gasteiger partial charge in [-0.15, -0.1) is 0 Å². The molecule has 10 nitrogen and oxygen atoms in total. The number of aliphatic hydroxyl groups is 2. The number of carboxylic acids is 1.